The highest BCUT2D eigenvalue weighted by molar-refractivity contribution is 5.81. The first-order chi connectivity index (χ1) is 8.67. The minimum atomic E-state index is -0.332. The van der Waals surface area contributed by atoms with Gasteiger partial charge in [-0.15, -0.1) is 0 Å². The third-order valence-electron chi connectivity index (χ3n) is 3.47. The smallest absolute Gasteiger partial charge is 0.306 e. The fourth-order valence-electron chi connectivity index (χ4n) is 2.40. The molecule has 0 saturated heterocycles. The van der Waals surface area contributed by atoms with Crippen molar-refractivity contribution in [2.75, 3.05) is 19.8 Å². The third-order valence-corrected chi connectivity index (χ3v) is 3.47. The lowest BCUT2D eigenvalue weighted by molar-refractivity contribution is -0.144. The van der Waals surface area contributed by atoms with Crippen LogP contribution in [0.5, 0.6) is 0 Å². The zero-order valence-electron chi connectivity index (χ0n) is 11.0. The Balaban J connectivity index is 2.15. The van der Waals surface area contributed by atoms with Gasteiger partial charge in [0, 0.05) is 19.6 Å². The Labute approximate surface area is 108 Å². The Morgan fingerprint density at radius 2 is 2.00 bits per heavy atom. The Bertz CT molecular complexity index is 280. The van der Waals surface area contributed by atoms with Crippen LogP contribution in [0.2, 0.25) is 0 Å². The van der Waals surface area contributed by atoms with Crippen LogP contribution >= 0.6 is 0 Å². The highest BCUT2D eigenvalue weighted by Crippen LogP contribution is 2.30. The minimum absolute atomic E-state index is 0.119. The molecule has 2 N–H and O–H groups in total. The van der Waals surface area contributed by atoms with Crippen LogP contribution < -0.4 is 5.32 Å². The van der Waals surface area contributed by atoms with E-state index in [2.05, 4.69) is 5.32 Å². The van der Waals surface area contributed by atoms with Gasteiger partial charge in [-0.25, -0.2) is 0 Å². The van der Waals surface area contributed by atoms with Gasteiger partial charge in [-0.2, -0.15) is 0 Å². The Kier molecular flexibility index (Phi) is 6.72. The standard InChI is InChI=1S/C13H23NO4/c1-2-18-13(17)7-6-12(16)14-8-10-4-3-5-11(10)9-15/h10-11,15H,2-9H2,1H3,(H,14,16). The van der Waals surface area contributed by atoms with Gasteiger partial charge < -0.3 is 15.2 Å². The zero-order valence-corrected chi connectivity index (χ0v) is 11.0. The van der Waals surface area contributed by atoms with Gasteiger partial charge in [0.2, 0.25) is 5.91 Å². The molecule has 0 aromatic rings. The van der Waals surface area contributed by atoms with Gasteiger partial charge in [0.1, 0.15) is 0 Å². The molecule has 0 aromatic carbocycles. The van der Waals surface area contributed by atoms with Crippen LogP contribution in [-0.2, 0) is 14.3 Å². The third kappa shape index (κ3) is 5.04. The summed E-state index contributed by atoms with van der Waals surface area (Å²) in [6, 6.07) is 0. The van der Waals surface area contributed by atoms with Gasteiger partial charge in [-0.3, -0.25) is 9.59 Å². The summed E-state index contributed by atoms with van der Waals surface area (Å²) in [5.74, 6) is 0.241. The minimum Gasteiger partial charge on any atom is -0.466 e. The van der Waals surface area contributed by atoms with Crippen molar-refractivity contribution in [2.24, 2.45) is 11.8 Å². The first kappa shape index (κ1) is 15.0. The summed E-state index contributed by atoms with van der Waals surface area (Å²) < 4.78 is 4.75. The summed E-state index contributed by atoms with van der Waals surface area (Å²) >= 11 is 0. The summed E-state index contributed by atoms with van der Waals surface area (Å²) in [6.07, 6.45) is 3.53. The van der Waals surface area contributed by atoms with Crippen LogP contribution in [0.1, 0.15) is 39.0 Å². The highest BCUT2D eigenvalue weighted by Gasteiger charge is 2.26. The number of hydrogen-bond acceptors (Lipinski definition) is 4. The molecule has 5 nitrogen and oxygen atoms in total. The van der Waals surface area contributed by atoms with E-state index < -0.39 is 0 Å². The van der Waals surface area contributed by atoms with E-state index >= 15 is 0 Å². The van der Waals surface area contributed by atoms with Crippen LogP contribution in [0.15, 0.2) is 0 Å². The first-order valence-electron chi connectivity index (χ1n) is 6.70. The van der Waals surface area contributed by atoms with E-state index in [9.17, 15) is 9.59 Å². The van der Waals surface area contributed by atoms with E-state index in [4.69, 9.17) is 9.84 Å². The molecule has 104 valence electrons. The Morgan fingerprint density at radius 1 is 1.28 bits per heavy atom. The molecule has 0 aromatic heterocycles. The largest absolute Gasteiger partial charge is 0.466 e. The molecule has 0 bridgehead atoms. The summed E-state index contributed by atoms with van der Waals surface area (Å²) in [4.78, 5) is 22.6. The molecular formula is C13H23NO4. The van der Waals surface area contributed by atoms with Crippen LogP contribution in [0.4, 0.5) is 0 Å². The summed E-state index contributed by atoms with van der Waals surface area (Å²) in [6.45, 7) is 2.89. The van der Waals surface area contributed by atoms with Crippen LogP contribution in [0, 0.1) is 11.8 Å². The van der Waals surface area contributed by atoms with Gasteiger partial charge in [-0.05, 0) is 31.6 Å². The highest BCUT2D eigenvalue weighted by atomic mass is 16.5. The second-order valence-electron chi connectivity index (χ2n) is 4.74. The van der Waals surface area contributed by atoms with Crippen LogP contribution in [-0.4, -0.2) is 36.7 Å². The molecule has 5 heteroatoms. The molecule has 1 aliphatic carbocycles. The molecule has 2 unspecified atom stereocenters. The molecule has 1 amide bonds. The van der Waals surface area contributed by atoms with Gasteiger partial charge in [-0.1, -0.05) is 6.42 Å². The van der Waals surface area contributed by atoms with E-state index in [0.29, 0.717) is 25.0 Å². The number of ether oxygens (including phenoxy) is 1. The number of rotatable bonds is 7. The van der Waals surface area contributed by atoms with E-state index in [0.717, 1.165) is 19.3 Å². The van der Waals surface area contributed by atoms with E-state index in [1.807, 2.05) is 0 Å². The molecule has 1 saturated carbocycles. The number of amides is 1. The second-order valence-corrected chi connectivity index (χ2v) is 4.74. The SMILES string of the molecule is CCOC(=O)CCC(=O)NCC1CCCC1CO. The number of hydrogen-bond donors (Lipinski definition) is 2. The van der Waals surface area contributed by atoms with Crippen LogP contribution in [0.25, 0.3) is 0 Å². The quantitative estimate of drug-likeness (QED) is 0.663. The van der Waals surface area contributed by atoms with Crippen molar-refractivity contribution in [2.45, 2.75) is 39.0 Å². The average Bonchev–Trinajstić information content (AvgIpc) is 2.81. The van der Waals surface area contributed by atoms with Crippen molar-refractivity contribution < 1.29 is 19.4 Å². The Morgan fingerprint density at radius 3 is 2.67 bits per heavy atom. The van der Waals surface area contributed by atoms with Gasteiger partial charge in [0.15, 0.2) is 0 Å². The van der Waals surface area contributed by atoms with E-state index in [1.165, 1.54) is 0 Å². The summed E-state index contributed by atoms with van der Waals surface area (Å²) in [5.41, 5.74) is 0. The molecule has 1 rings (SSSR count). The van der Waals surface area contributed by atoms with Crippen molar-refractivity contribution in [3.8, 4) is 0 Å². The van der Waals surface area contributed by atoms with Gasteiger partial charge in [0.05, 0.1) is 13.0 Å². The van der Waals surface area contributed by atoms with Crippen molar-refractivity contribution in [3.63, 3.8) is 0 Å². The molecule has 0 radical (unpaired) electrons. The normalized spacial score (nSPS) is 22.8. The summed E-state index contributed by atoms with van der Waals surface area (Å²) in [7, 11) is 0. The molecule has 0 spiro atoms. The van der Waals surface area contributed by atoms with E-state index in [1.54, 1.807) is 6.92 Å². The lowest BCUT2D eigenvalue weighted by Gasteiger charge is -2.17. The van der Waals surface area contributed by atoms with Crippen molar-refractivity contribution >= 4 is 11.9 Å². The lowest BCUT2D eigenvalue weighted by Crippen LogP contribution is -2.31. The molecular weight excluding hydrogens is 234 g/mol. The lowest BCUT2D eigenvalue weighted by atomic mass is 9.97. The number of nitrogens with one attached hydrogen (secondary N) is 1. The number of carbonyl (C=O) groups excluding carboxylic acids is 2. The summed E-state index contributed by atoms with van der Waals surface area (Å²) in [5, 5.41) is 12.0. The maximum atomic E-state index is 11.5. The predicted molar refractivity (Wildman–Crippen MR) is 66.8 cm³/mol. The molecule has 0 heterocycles. The monoisotopic (exact) mass is 257 g/mol. The molecule has 1 aliphatic rings. The topological polar surface area (TPSA) is 75.6 Å². The first-order valence-corrected chi connectivity index (χ1v) is 6.70. The molecule has 1 fully saturated rings. The maximum Gasteiger partial charge on any atom is 0.306 e. The maximum absolute atomic E-state index is 11.5. The Hall–Kier alpha value is -1.10. The number of carbonyl (C=O) groups is 2. The predicted octanol–water partition coefficient (Wildman–Crippen LogP) is 0.854. The number of esters is 1. The van der Waals surface area contributed by atoms with E-state index in [-0.39, 0.29) is 31.3 Å². The van der Waals surface area contributed by atoms with Crippen LogP contribution in [0.3, 0.4) is 0 Å². The van der Waals surface area contributed by atoms with Crippen molar-refractivity contribution in [3.05, 3.63) is 0 Å². The number of aliphatic hydroxyl groups is 1. The van der Waals surface area contributed by atoms with Gasteiger partial charge in [0.25, 0.3) is 0 Å². The number of aliphatic hydroxyl groups excluding tert-OH is 1. The molecule has 18 heavy (non-hydrogen) atoms. The fraction of sp³-hybridized carbons (Fsp3) is 0.846. The fourth-order valence-corrected chi connectivity index (χ4v) is 2.40. The zero-order chi connectivity index (χ0) is 13.4. The second kappa shape index (κ2) is 8.08. The van der Waals surface area contributed by atoms with Gasteiger partial charge >= 0.3 is 5.97 Å². The molecule has 2 atom stereocenters. The molecule has 0 aliphatic heterocycles. The average molecular weight is 257 g/mol. The van der Waals surface area contributed by atoms with Crippen molar-refractivity contribution in [1.29, 1.82) is 0 Å². The van der Waals surface area contributed by atoms with Crippen molar-refractivity contribution in [1.82, 2.24) is 5.32 Å².